The van der Waals surface area contributed by atoms with E-state index in [4.69, 9.17) is 0 Å². The Labute approximate surface area is 69.2 Å². The van der Waals surface area contributed by atoms with E-state index in [-0.39, 0.29) is 5.75 Å². The topological polar surface area (TPSA) is 38.3 Å². The standard InChI is InChI=1S/C8H8FNO2/c1-10-8(11)12-7-4-2-3-6(9)5-7/h2-5H,1H3,(H,10,11). The van der Waals surface area contributed by atoms with Gasteiger partial charge in [0.1, 0.15) is 11.6 Å². The summed E-state index contributed by atoms with van der Waals surface area (Å²) in [4.78, 5) is 10.6. The first kappa shape index (κ1) is 8.52. The maximum Gasteiger partial charge on any atom is 0.412 e. The minimum Gasteiger partial charge on any atom is -0.410 e. The fraction of sp³-hybridized carbons (Fsp3) is 0.125. The van der Waals surface area contributed by atoms with Crippen LogP contribution >= 0.6 is 0 Å². The minimum absolute atomic E-state index is 0.189. The van der Waals surface area contributed by atoms with E-state index in [1.54, 1.807) is 0 Å². The van der Waals surface area contributed by atoms with Gasteiger partial charge in [-0.15, -0.1) is 0 Å². The van der Waals surface area contributed by atoms with Gasteiger partial charge in [-0.25, -0.2) is 9.18 Å². The Morgan fingerprint density at radius 1 is 1.58 bits per heavy atom. The molecular weight excluding hydrogens is 161 g/mol. The molecule has 3 nitrogen and oxygen atoms in total. The molecule has 1 rings (SSSR count). The molecule has 0 saturated carbocycles. The Balaban J connectivity index is 2.69. The van der Waals surface area contributed by atoms with Crippen LogP contribution in [0.2, 0.25) is 0 Å². The summed E-state index contributed by atoms with van der Waals surface area (Å²) in [6.07, 6.45) is -0.611. The third kappa shape index (κ3) is 2.23. The Hall–Kier alpha value is -1.58. The summed E-state index contributed by atoms with van der Waals surface area (Å²) in [7, 11) is 1.43. The van der Waals surface area contributed by atoms with Gasteiger partial charge in [0.05, 0.1) is 0 Å². The molecule has 0 aliphatic heterocycles. The second-order valence-electron chi connectivity index (χ2n) is 2.10. The fourth-order valence-corrected chi connectivity index (χ4v) is 0.689. The molecule has 1 aromatic rings. The lowest BCUT2D eigenvalue weighted by Gasteiger charge is -2.01. The molecule has 12 heavy (non-hydrogen) atoms. The largest absolute Gasteiger partial charge is 0.412 e. The van der Waals surface area contributed by atoms with Crippen molar-refractivity contribution in [3.05, 3.63) is 30.1 Å². The van der Waals surface area contributed by atoms with Crippen LogP contribution in [0.3, 0.4) is 0 Å². The lowest BCUT2D eigenvalue weighted by Crippen LogP contribution is -2.21. The molecule has 0 fully saturated rings. The van der Waals surface area contributed by atoms with Crippen LogP contribution in [0.5, 0.6) is 5.75 Å². The minimum atomic E-state index is -0.611. The lowest BCUT2D eigenvalue weighted by molar-refractivity contribution is 0.203. The highest BCUT2D eigenvalue weighted by atomic mass is 19.1. The molecule has 0 radical (unpaired) electrons. The summed E-state index contributed by atoms with van der Waals surface area (Å²) < 4.78 is 17.2. The molecule has 64 valence electrons. The Bertz CT molecular complexity index is 288. The van der Waals surface area contributed by atoms with E-state index in [0.717, 1.165) is 6.07 Å². The monoisotopic (exact) mass is 169 g/mol. The van der Waals surface area contributed by atoms with E-state index in [1.165, 1.54) is 25.2 Å². The number of carbonyl (C=O) groups excluding carboxylic acids is 1. The number of halogens is 1. The summed E-state index contributed by atoms with van der Waals surface area (Å²) in [6.45, 7) is 0. The van der Waals surface area contributed by atoms with Crippen LogP contribution in [0, 0.1) is 5.82 Å². The van der Waals surface area contributed by atoms with Gasteiger partial charge in [0.15, 0.2) is 0 Å². The number of amides is 1. The van der Waals surface area contributed by atoms with Crippen molar-refractivity contribution in [3.63, 3.8) is 0 Å². The van der Waals surface area contributed by atoms with Gasteiger partial charge in [-0.3, -0.25) is 0 Å². The third-order valence-corrected chi connectivity index (χ3v) is 1.21. The van der Waals surface area contributed by atoms with Gasteiger partial charge >= 0.3 is 6.09 Å². The first-order valence-electron chi connectivity index (χ1n) is 3.37. The molecule has 0 spiro atoms. The van der Waals surface area contributed by atoms with Gasteiger partial charge in [-0.2, -0.15) is 0 Å². The summed E-state index contributed by atoms with van der Waals surface area (Å²) in [5, 5.41) is 2.25. The molecule has 0 saturated heterocycles. The molecule has 0 bridgehead atoms. The van der Waals surface area contributed by atoms with Crippen LogP contribution in [-0.4, -0.2) is 13.1 Å². The average molecular weight is 169 g/mol. The van der Waals surface area contributed by atoms with Gasteiger partial charge in [0, 0.05) is 13.1 Å². The smallest absolute Gasteiger partial charge is 0.410 e. The molecule has 0 atom stereocenters. The third-order valence-electron chi connectivity index (χ3n) is 1.21. The summed E-state index contributed by atoms with van der Waals surface area (Å²) in [5.41, 5.74) is 0. The maximum absolute atomic E-state index is 12.5. The van der Waals surface area contributed by atoms with Crippen molar-refractivity contribution in [2.45, 2.75) is 0 Å². The Kier molecular flexibility index (Phi) is 2.63. The van der Waals surface area contributed by atoms with Crippen LogP contribution in [0.1, 0.15) is 0 Å². The molecule has 1 aromatic carbocycles. The first-order chi connectivity index (χ1) is 5.72. The molecule has 1 N–H and O–H groups in total. The number of rotatable bonds is 1. The van der Waals surface area contributed by atoms with Crippen molar-refractivity contribution in [3.8, 4) is 5.75 Å². The van der Waals surface area contributed by atoms with E-state index in [2.05, 4.69) is 10.1 Å². The Morgan fingerprint density at radius 3 is 2.92 bits per heavy atom. The fourth-order valence-electron chi connectivity index (χ4n) is 0.689. The van der Waals surface area contributed by atoms with Crippen LogP contribution in [0.15, 0.2) is 24.3 Å². The Morgan fingerprint density at radius 2 is 2.33 bits per heavy atom. The van der Waals surface area contributed by atoms with E-state index in [0.29, 0.717) is 0 Å². The number of carbonyl (C=O) groups is 1. The predicted octanol–water partition coefficient (Wildman–Crippen LogP) is 1.54. The molecule has 0 aliphatic carbocycles. The molecule has 4 heteroatoms. The summed E-state index contributed by atoms with van der Waals surface area (Å²) in [5.74, 6) is -0.245. The number of ether oxygens (including phenoxy) is 1. The lowest BCUT2D eigenvalue weighted by atomic mass is 10.3. The summed E-state index contributed by atoms with van der Waals surface area (Å²) >= 11 is 0. The van der Waals surface area contributed by atoms with Crippen LogP contribution in [-0.2, 0) is 0 Å². The number of hydrogen-bond acceptors (Lipinski definition) is 2. The van der Waals surface area contributed by atoms with E-state index in [1.807, 2.05) is 0 Å². The van der Waals surface area contributed by atoms with Crippen LogP contribution in [0.4, 0.5) is 9.18 Å². The molecule has 0 unspecified atom stereocenters. The van der Waals surface area contributed by atoms with Crippen molar-refractivity contribution in [1.82, 2.24) is 5.32 Å². The van der Waals surface area contributed by atoms with Gasteiger partial charge < -0.3 is 10.1 Å². The highest BCUT2D eigenvalue weighted by Crippen LogP contribution is 2.11. The predicted molar refractivity (Wildman–Crippen MR) is 41.5 cm³/mol. The van der Waals surface area contributed by atoms with E-state index < -0.39 is 11.9 Å². The van der Waals surface area contributed by atoms with Gasteiger partial charge in [0.25, 0.3) is 0 Å². The van der Waals surface area contributed by atoms with Crippen molar-refractivity contribution >= 4 is 6.09 Å². The average Bonchev–Trinajstić information content (AvgIpc) is 2.04. The second kappa shape index (κ2) is 3.71. The summed E-state index contributed by atoms with van der Waals surface area (Å²) in [6, 6.07) is 5.37. The molecular formula is C8H8FNO2. The highest BCUT2D eigenvalue weighted by Gasteiger charge is 2.00. The number of hydrogen-bond donors (Lipinski definition) is 1. The number of nitrogens with one attached hydrogen (secondary N) is 1. The highest BCUT2D eigenvalue weighted by molar-refractivity contribution is 5.69. The molecule has 0 heterocycles. The maximum atomic E-state index is 12.5. The normalized spacial score (nSPS) is 9.17. The van der Waals surface area contributed by atoms with E-state index >= 15 is 0 Å². The van der Waals surface area contributed by atoms with E-state index in [9.17, 15) is 9.18 Å². The SMILES string of the molecule is CNC(=O)Oc1cccc(F)c1. The number of benzene rings is 1. The molecule has 1 amide bonds. The van der Waals surface area contributed by atoms with Crippen molar-refractivity contribution in [1.29, 1.82) is 0 Å². The zero-order chi connectivity index (χ0) is 8.97. The second-order valence-corrected chi connectivity index (χ2v) is 2.10. The van der Waals surface area contributed by atoms with Gasteiger partial charge in [0.2, 0.25) is 0 Å². The van der Waals surface area contributed by atoms with Crippen LogP contribution < -0.4 is 10.1 Å². The van der Waals surface area contributed by atoms with Crippen molar-refractivity contribution in [2.75, 3.05) is 7.05 Å². The zero-order valence-corrected chi connectivity index (χ0v) is 6.50. The van der Waals surface area contributed by atoms with Crippen molar-refractivity contribution < 1.29 is 13.9 Å². The quantitative estimate of drug-likeness (QED) is 0.692. The molecule has 0 aliphatic rings. The first-order valence-corrected chi connectivity index (χ1v) is 3.37. The molecule has 0 aromatic heterocycles. The zero-order valence-electron chi connectivity index (χ0n) is 6.50. The van der Waals surface area contributed by atoms with Gasteiger partial charge in [-0.1, -0.05) is 6.07 Å². The van der Waals surface area contributed by atoms with Gasteiger partial charge in [-0.05, 0) is 12.1 Å². The van der Waals surface area contributed by atoms with Crippen LogP contribution in [0.25, 0.3) is 0 Å². The van der Waals surface area contributed by atoms with Crippen molar-refractivity contribution in [2.24, 2.45) is 0 Å².